The Labute approximate surface area is 158 Å². The van der Waals surface area contributed by atoms with Crippen LogP contribution in [0.15, 0.2) is 46.9 Å². The number of carbonyl (C=O) groups is 1. The molecule has 1 aromatic heterocycles. The third-order valence-corrected chi connectivity index (χ3v) is 5.76. The van der Waals surface area contributed by atoms with Crippen LogP contribution < -0.4 is 9.64 Å². The molecule has 0 radical (unpaired) electrons. The van der Waals surface area contributed by atoms with E-state index in [1.54, 1.807) is 0 Å². The molecule has 27 heavy (non-hydrogen) atoms. The number of benzene rings is 2. The summed E-state index contributed by atoms with van der Waals surface area (Å²) >= 11 is 0. The van der Waals surface area contributed by atoms with E-state index < -0.39 is 0 Å². The van der Waals surface area contributed by atoms with E-state index >= 15 is 0 Å². The van der Waals surface area contributed by atoms with Crippen LogP contribution >= 0.6 is 0 Å². The molecule has 2 aliphatic rings. The highest BCUT2D eigenvalue weighted by molar-refractivity contribution is 5.97. The molecule has 1 atom stereocenters. The van der Waals surface area contributed by atoms with E-state index in [-0.39, 0.29) is 18.6 Å². The summed E-state index contributed by atoms with van der Waals surface area (Å²) in [6.45, 7) is 2.13. The van der Waals surface area contributed by atoms with Crippen molar-refractivity contribution in [1.82, 2.24) is 0 Å². The van der Waals surface area contributed by atoms with Crippen molar-refractivity contribution in [3.05, 3.63) is 59.4 Å². The first-order chi connectivity index (χ1) is 13.2. The Morgan fingerprint density at radius 3 is 2.96 bits per heavy atom. The summed E-state index contributed by atoms with van der Waals surface area (Å²) in [4.78, 5) is 14.7. The Bertz CT molecular complexity index is 1020. The van der Waals surface area contributed by atoms with Gasteiger partial charge in [-0.1, -0.05) is 18.2 Å². The summed E-state index contributed by atoms with van der Waals surface area (Å²) in [6.07, 6.45) is 5.38. The second-order valence-corrected chi connectivity index (χ2v) is 7.60. The maximum atomic E-state index is 12.8. The lowest BCUT2D eigenvalue weighted by Crippen LogP contribution is -2.39. The van der Waals surface area contributed by atoms with Gasteiger partial charge in [0.1, 0.15) is 17.1 Å². The first-order valence-corrected chi connectivity index (χ1v) is 9.78. The summed E-state index contributed by atoms with van der Waals surface area (Å²) in [5, 5.41) is 1.13. The lowest BCUT2D eigenvalue weighted by molar-refractivity contribution is -0.120. The second-order valence-electron chi connectivity index (χ2n) is 7.60. The van der Waals surface area contributed by atoms with Gasteiger partial charge in [-0.25, -0.2) is 0 Å². The molecule has 4 nitrogen and oxygen atoms in total. The van der Waals surface area contributed by atoms with Crippen LogP contribution in [0.3, 0.4) is 0 Å². The van der Waals surface area contributed by atoms with Crippen LogP contribution in [-0.4, -0.2) is 18.6 Å². The average molecular weight is 361 g/mol. The van der Waals surface area contributed by atoms with Gasteiger partial charge in [-0.05, 0) is 62.4 Å². The zero-order valence-electron chi connectivity index (χ0n) is 15.5. The molecular weight excluding hydrogens is 338 g/mol. The number of hydrogen-bond acceptors (Lipinski definition) is 3. The molecule has 0 saturated heterocycles. The van der Waals surface area contributed by atoms with E-state index in [1.165, 1.54) is 24.0 Å². The van der Waals surface area contributed by atoms with Gasteiger partial charge in [0.15, 0.2) is 6.61 Å². The number of aryl methyl sites for hydroxylation is 2. The van der Waals surface area contributed by atoms with Gasteiger partial charge in [0.05, 0.1) is 0 Å². The first-order valence-electron chi connectivity index (χ1n) is 9.78. The molecule has 5 rings (SSSR count). The molecule has 3 aromatic rings. The fourth-order valence-corrected chi connectivity index (χ4v) is 4.49. The molecule has 0 spiro atoms. The number of nitrogens with zero attached hydrogens (tertiary/aromatic N) is 1. The van der Waals surface area contributed by atoms with Gasteiger partial charge in [0.25, 0.3) is 5.91 Å². The van der Waals surface area contributed by atoms with Gasteiger partial charge in [-0.2, -0.15) is 0 Å². The number of anilines is 1. The molecular formula is C23H23NO3. The minimum absolute atomic E-state index is 0.00164. The maximum absolute atomic E-state index is 12.8. The lowest BCUT2D eigenvalue weighted by atomic mass is 9.96. The summed E-state index contributed by atoms with van der Waals surface area (Å²) < 4.78 is 11.9. The van der Waals surface area contributed by atoms with Gasteiger partial charge in [-0.15, -0.1) is 0 Å². The molecule has 1 aliphatic carbocycles. The van der Waals surface area contributed by atoms with Crippen molar-refractivity contribution in [3.63, 3.8) is 0 Å². The number of ether oxygens (including phenoxy) is 1. The molecule has 1 amide bonds. The Morgan fingerprint density at radius 2 is 2.04 bits per heavy atom. The van der Waals surface area contributed by atoms with Gasteiger partial charge < -0.3 is 14.1 Å². The van der Waals surface area contributed by atoms with Crippen molar-refractivity contribution in [1.29, 1.82) is 0 Å². The van der Waals surface area contributed by atoms with Gasteiger partial charge >= 0.3 is 0 Å². The molecule has 0 saturated carbocycles. The predicted octanol–water partition coefficient (Wildman–Crippen LogP) is 4.67. The molecule has 1 unspecified atom stereocenters. The van der Waals surface area contributed by atoms with Crippen LogP contribution in [0.4, 0.5) is 5.69 Å². The quantitative estimate of drug-likeness (QED) is 0.681. The standard InChI is InChI=1S/C23H23NO3/c1-15-12-16-6-2-4-8-20(16)24(15)23(25)14-26-17-10-11-22-19(13-17)18-7-3-5-9-21(18)27-22/h2,4,6,8,10-11,13,15H,3,5,7,9,12,14H2,1H3. The number of amides is 1. The topological polar surface area (TPSA) is 42.7 Å². The summed E-state index contributed by atoms with van der Waals surface area (Å²) in [5.74, 6) is 1.85. The number of fused-ring (bicyclic) bond motifs is 4. The summed E-state index contributed by atoms with van der Waals surface area (Å²) in [6, 6.07) is 14.2. The monoisotopic (exact) mass is 361 g/mol. The Balaban J connectivity index is 1.35. The van der Waals surface area contributed by atoms with Crippen molar-refractivity contribution < 1.29 is 13.9 Å². The molecule has 1 aliphatic heterocycles. The number of para-hydroxylation sites is 1. The highest BCUT2D eigenvalue weighted by atomic mass is 16.5. The zero-order chi connectivity index (χ0) is 18.4. The van der Waals surface area contributed by atoms with Crippen LogP contribution in [0.2, 0.25) is 0 Å². The summed E-state index contributed by atoms with van der Waals surface area (Å²) in [5.41, 5.74) is 4.47. The number of hydrogen-bond donors (Lipinski definition) is 0. The molecule has 0 fully saturated rings. The molecule has 2 aromatic carbocycles. The molecule has 2 heterocycles. The Hall–Kier alpha value is -2.75. The minimum atomic E-state index is 0.00164. The van der Waals surface area contributed by atoms with Crippen LogP contribution in [0.5, 0.6) is 5.75 Å². The largest absolute Gasteiger partial charge is 0.484 e. The van der Waals surface area contributed by atoms with Gasteiger partial charge in [-0.3, -0.25) is 4.79 Å². The third kappa shape index (κ3) is 2.80. The minimum Gasteiger partial charge on any atom is -0.484 e. The van der Waals surface area contributed by atoms with Crippen molar-refractivity contribution >= 4 is 22.6 Å². The molecule has 4 heteroatoms. The highest BCUT2D eigenvalue weighted by Gasteiger charge is 2.30. The zero-order valence-corrected chi connectivity index (χ0v) is 15.5. The number of furan rings is 1. The van der Waals surface area contributed by atoms with Crippen LogP contribution in [-0.2, 0) is 24.1 Å². The second kappa shape index (κ2) is 6.45. The van der Waals surface area contributed by atoms with E-state index in [2.05, 4.69) is 13.0 Å². The summed E-state index contributed by atoms with van der Waals surface area (Å²) in [7, 11) is 0. The van der Waals surface area contributed by atoms with Gasteiger partial charge in [0, 0.05) is 29.1 Å². The molecule has 138 valence electrons. The molecule has 0 N–H and O–H groups in total. The average Bonchev–Trinajstić information content (AvgIpc) is 3.22. The fourth-order valence-electron chi connectivity index (χ4n) is 4.49. The van der Waals surface area contributed by atoms with E-state index in [9.17, 15) is 4.79 Å². The van der Waals surface area contributed by atoms with Crippen LogP contribution in [0.1, 0.15) is 36.7 Å². The van der Waals surface area contributed by atoms with E-state index in [0.29, 0.717) is 0 Å². The normalized spacial score (nSPS) is 18.4. The SMILES string of the molecule is CC1Cc2ccccc2N1C(=O)COc1ccc2oc3c(c2c1)CCCC3. The van der Waals surface area contributed by atoms with Crippen molar-refractivity contribution in [3.8, 4) is 5.75 Å². The lowest BCUT2D eigenvalue weighted by Gasteiger charge is -2.22. The third-order valence-electron chi connectivity index (χ3n) is 5.76. The Kier molecular flexibility index (Phi) is 3.92. The smallest absolute Gasteiger partial charge is 0.265 e. The van der Waals surface area contributed by atoms with Crippen molar-refractivity contribution in [2.75, 3.05) is 11.5 Å². The predicted molar refractivity (Wildman–Crippen MR) is 105 cm³/mol. The maximum Gasteiger partial charge on any atom is 0.265 e. The first kappa shape index (κ1) is 16.4. The Morgan fingerprint density at radius 1 is 1.19 bits per heavy atom. The highest BCUT2D eigenvalue weighted by Crippen LogP contribution is 2.34. The number of carbonyl (C=O) groups excluding carboxylic acids is 1. The van der Waals surface area contributed by atoms with Crippen molar-refractivity contribution in [2.45, 2.75) is 45.1 Å². The van der Waals surface area contributed by atoms with E-state index in [4.69, 9.17) is 9.15 Å². The van der Waals surface area contributed by atoms with Crippen LogP contribution in [0.25, 0.3) is 11.0 Å². The van der Waals surface area contributed by atoms with E-state index in [1.807, 2.05) is 41.3 Å². The number of rotatable bonds is 3. The van der Waals surface area contributed by atoms with Gasteiger partial charge in [0.2, 0.25) is 0 Å². The van der Waals surface area contributed by atoms with Crippen molar-refractivity contribution in [2.24, 2.45) is 0 Å². The van der Waals surface area contributed by atoms with Crippen LogP contribution in [0, 0.1) is 0 Å². The fraction of sp³-hybridized carbons (Fsp3) is 0.348. The molecule has 0 bridgehead atoms. The van der Waals surface area contributed by atoms with E-state index in [0.717, 1.165) is 47.4 Å².